The third-order valence-corrected chi connectivity index (χ3v) is 3.06. The van der Waals surface area contributed by atoms with Gasteiger partial charge in [0.05, 0.1) is 6.26 Å². The Labute approximate surface area is 109 Å². The van der Waals surface area contributed by atoms with Crippen LogP contribution in [0.15, 0.2) is 24.5 Å². The molecule has 1 aromatic heterocycles. The van der Waals surface area contributed by atoms with E-state index >= 15 is 0 Å². The molecular formula is C12H20N2O3S. The summed E-state index contributed by atoms with van der Waals surface area (Å²) in [6.07, 6.45) is 6.59. The fraction of sp³-hybridized carbons (Fsp3) is 0.583. The van der Waals surface area contributed by atoms with Crippen molar-refractivity contribution in [1.29, 1.82) is 0 Å². The Balaban J connectivity index is 2.24. The first kappa shape index (κ1) is 15.1. The van der Waals surface area contributed by atoms with Crippen LogP contribution >= 0.6 is 0 Å². The summed E-state index contributed by atoms with van der Waals surface area (Å²) in [5, 5.41) is 0. The van der Waals surface area contributed by atoms with Crippen molar-refractivity contribution in [3.05, 3.63) is 30.1 Å². The van der Waals surface area contributed by atoms with Crippen LogP contribution in [-0.4, -0.2) is 32.5 Å². The van der Waals surface area contributed by atoms with Crippen LogP contribution in [0, 0.1) is 0 Å². The van der Waals surface area contributed by atoms with Crippen LogP contribution in [0.5, 0.6) is 0 Å². The van der Waals surface area contributed by atoms with Gasteiger partial charge in [-0.3, -0.25) is 4.98 Å². The molecule has 1 atom stereocenters. The molecule has 0 aliphatic heterocycles. The normalized spacial score (nSPS) is 13.4. The molecule has 102 valence electrons. The largest absolute Gasteiger partial charge is 0.362 e. The maximum absolute atomic E-state index is 11.1. The van der Waals surface area contributed by atoms with Crippen molar-refractivity contribution >= 4 is 10.0 Å². The fourth-order valence-electron chi connectivity index (χ4n) is 1.52. The zero-order valence-electron chi connectivity index (χ0n) is 10.8. The third kappa shape index (κ3) is 6.68. The highest BCUT2D eigenvalue weighted by Crippen LogP contribution is 2.02. The first-order valence-corrected chi connectivity index (χ1v) is 7.88. The number of aromatic nitrogens is 1. The Hall–Kier alpha value is -0.980. The number of rotatable bonds is 8. The van der Waals surface area contributed by atoms with E-state index in [1.54, 1.807) is 6.20 Å². The number of hydrogen-bond donors (Lipinski definition) is 1. The summed E-state index contributed by atoms with van der Waals surface area (Å²) in [5.74, 6) is 0. The molecule has 5 nitrogen and oxygen atoms in total. The standard InChI is InChI=1S/C12H20N2O3S/c1-3-12(14-18(2,15)16)17-9-5-7-11-6-4-8-13-10-11/h4,6,8,10,12,14H,3,5,7,9H2,1-2H3. The van der Waals surface area contributed by atoms with Crippen LogP contribution in [0.25, 0.3) is 0 Å². The second kappa shape index (κ2) is 7.45. The SMILES string of the molecule is CCC(NS(C)(=O)=O)OCCCc1cccnc1. The van der Waals surface area contributed by atoms with Crippen molar-refractivity contribution < 1.29 is 13.2 Å². The predicted molar refractivity (Wildman–Crippen MR) is 70.6 cm³/mol. The third-order valence-electron chi connectivity index (χ3n) is 2.37. The van der Waals surface area contributed by atoms with Crippen LogP contribution < -0.4 is 4.72 Å². The molecule has 0 aromatic carbocycles. The minimum absolute atomic E-state index is 0.436. The number of ether oxygens (including phenoxy) is 1. The molecular weight excluding hydrogens is 252 g/mol. The lowest BCUT2D eigenvalue weighted by atomic mass is 10.2. The lowest BCUT2D eigenvalue weighted by Crippen LogP contribution is -2.35. The molecule has 0 radical (unpaired) electrons. The molecule has 0 aliphatic carbocycles. The Bertz CT molecular complexity index is 434. The highest BCUT2D eigenvalue weighted by molar-refractivity contribution is 7.88. The highest BCUT2D eigenvalue weighted by Gasteiger charge is 2.11. The van der Waals surface area contributed by atoms with Gasteiger partial charge in [-0.15, -0.1) is 0 Å². The van der Waals surface area contributed by atoms with Crippen molar-refractivity contribution in [3.63, 3.8) is 0 Å². The smallest absolute Gasteiger partial charge is 0.210 e. The first-order valence-electron chi connectivity index (χ1n) is 5.99. The molecule has 18 heavy (non-hydrogen) atoms. The highest BCUT2D eigenvalue weighted by atomic mass is 32.2. The number of hydrogen-bond acceptors (Lipinski definition) is 4. The lowest BCUT2D eigenvalue weighted by Gasteiger charge is -2.16. The number of aryl methyl sites for hydroxylation is 1. The van der Waals surface area contributed by atoms with Gasteiger partial charge >= 0.3 is 0 Å². The number of nitrogens with one attached hydrogen (secondary N) is 1. The maximum Gasteiger partial charge on any atom is 0.210 e. The van der Waals surface area contributed by atoms with Gasteiger partial charge in [-0.05, 0) is 30.9 Å². The molecule has 0 saturated heterocycles. The van der Waals surface area contributed by atoms with Crippen LogP contribution in [0.2, 0.25) is 0 Å². The van der Waals surface area contributed by atoms with Crippen molar-refractivity contribution in [3.8, 4) is 0 Å². The quantitative estimate of drug-likeness (QED) is 0.572. The summed E-state index contributed by atoms with van der Waals surface area (Å²) in [6.45, 7) is 2.40. The van der Waals surface area contributed by atoms with Crippen LogP contribution in [0.4, 0.5) is 0 Å². The molecule has 0 fully saturated rings. The Morgan fingerprint density at radius 3 is 2.83 bits per heavy atom. The zero-order chi connectivity index (χ0) is 13.4. The van der Waals surface area contributed by atoms with Gasteiger partial charge in [-0.2, -0.15) is 4.72 Å². The van der Waals surface area contributed by atoms with E-state index in [1.165, 1.54) is 0 Å². The van der Waals surface area contributed by atoms with E-state index in [-0.39, 0.29) is 0 Å². The fourth-order valence-corrected chi connectivity index (χ4v) is 2.23. The predicted octanol–water partition coefficient (Wildman–Crippen LogP) is 1.32. The van der Waals surface area contributed by atoms with Gasteiger partial charge in [0.15, 0.2) is 0 Å². The molecule has 6 heteroatoms. The van der Waals surface area contributed by atoms with Crippen LogP contribution in [-0.2, 0) is 21.2 Å². The Morgan fingerprint density at radius 1 is 1.50 bits per heavy atom. The topological polar surface area (TPSA) is 68.3 Å². The van der Waals surface area contributed by atoms with E-state index < -0.39 is 16.3 Å². The van der Waals surface area contributed by atoms with Crippen molar-refractivity contribution in [1.82, 2.24) is 9.71 Å². The van der Waals surface area contributed by atoms with E-state index in [4.69, 9.17) is 4.74 Å². The molecule has 0 amide bonds. The molecule has 0 aliphatic rings. The van der Waals surface area contributed by atoms with Crippen molar-refractivity contribution in [2.75, 3.05) is 12.9 Å². The van der Waals surface area contributed by atoms with Gasteiger partial charge < -0.3 is 4.74 Å². The maximum atomic E-state index is 11.1. The van der Waals surface area contributed by atoms with Crippen molar-refractivity contribution in [2.24, 2.45) is 0 Å². The average Bonchev–Trinajstić information content (AvgIpc) is 2.33. The molecule has 1 N–H and O–H groups in total. The number of pyridine rings is 1. The van der Waals surface area contributed by atoms with E-state index in [0.717, 1.165) is 24.7 Å². The molecule has 1 aromatic rings. The Kier molecular flexibility index (Phi) is 6.24. The molecule has 0 saturated carbocycles. The molecule has 0 bridgehead atoms. The van der Waals surface area contributed by atoms with Gasteiger partial charge in [0.1, 0.15) is 6.23 Å². The van der Waals surface area contributed by atoms with E-state index in [2.05, 4.69) is 9.71 Å². The molecule has 1 unspecified atom stereocenters. The van der Waals surface area contributed by atoms with Gasteiger partial charge in [0, 0.05) is 19.0 Å². The lowest BCUT2D eigenvalue weighted by molar-refractivity contribution is 0.0421. The summed E-state index contributed by atoms with van der Waals surface area (Å²) >= 11 is 0. The first-order chi connectivity index (χ1) is 8.51. The van der Waals surface area contributed by atoms with Crippen LogP contribution in [0.1, 0.15) is 25.3 Å². The molecule has 0 spiro atoms. The van der Waals surface area contributed by atoms with Gasteiger partial charge in [-0.1, -0.05) is 13.0 Å². The summed E-state index contributed by atoms with van der Waals surface area (Å²) in [5.41, 5.74) is 1.16. The minimum atomic E-state index is -3.21. The van der Waals surface area contributed by atoms with E-state index in [1.807, 2.05) is 25.3 Å². The summed E-state index contributed by atoms with van der Waals surface area (Å²) < 4.78 is 30.0. The zero-order valence-corrected chi connectivity index (χ0v) is 11.6. The van der Waals surface area contributed by atoms with Crippen LogP contribution in [0.3, 0.4) is 0 Å². The number of nitrogens with zero attached hydrogens (tertiary/aromatic N) is 1. The number of sulfonamides is 1. The minimum Gasteiger partial charge on any atom is -0.362 e. The van der Waals surface area contributed by atoms with Gasteiger partial charge in [0.2, 0.25) is 10.0 Å². The second-order valence-corrected chi connectivity index (χ2v) is 5.90. The molecule has 1 rings (SSSR count). The van der Waals surface area contributed by atoms with E-state index in [0.29, 0.717) is 13.0 Å². The summed E-state index contributed by atoms with van der Waals surface area (Å²) in [6, 6.07) is 3.91. The summed E-state index contributed by atoms with van der Waals surface area (Å²) in [4.78, 5) is 4.03. The summed E-state index contributed by atoms with van der Waals surface area (Å²) in [7, 11) is -3.21. The average molecular weight is 272 g/mol. The van der Waals surface area contributed by atoms with E-state index in [9.17, 15) is 8.42 Å². The van der Waals surface area contributed by atoms with Gasteiger partial charge in [-0.25, -0.2) is 8.42 Å². The Morgan fingerprint density at radius 2 is 2.28 bits per heavy atom. The second-order valence-electron chi connectivity index (χ2n) is 4.12. The molecule has 1 heterocycles. The van der Waals surface area contributed by atoms with Crippen molar-refractivity contribution in [2.45, 2.75) is 32.4 Å². The van der Waals surface area contributed by atoms with Gasteiger partial charge in [0.25, 0.3) is 0 Å². The monoisotopic (exact) mass is 272 g/mol.